The zero-order valence-corrected chi connectivity index (χ0v) is 7.84. The van der Waals surface area contributed by atoms with Crippen LogP contribution >= 0.6 is 0 Å². The Balaban J connectivity index is 3.22. The van der Waals surface area contributed by atoms with Crippen molar-refractivity contribution >= 4 is 0 Å². The molecule has 1 aromatic carbocycles. The second kappa shape index (κ2) is 3.44. The first-order chi connectivity index (χ1) is 5.99. The Bertz CT molecular complexity index is 310. The zero-order valence-electron chi connectivity index (χ0n) is 7.84. The van der Waals surface area contributed by atoms with Gasteiger partial charge in [-0.2, -0.15) is 0 Å². The Kier molecular flexibility index (Phi) is 2.68. The largest absolute Gasteiger partial charge is 0.384 e. The number of benzene rings is 1. The molecule has 0 fully saturated rings. The lowest BCUT2D eigenvalue weighted by Gasteiger charge is -2.22. The van der Waals surface area contributed by atoms with E-state index in [1.165, 1.54) is 6.92 Å². The van der Waals surface area contributed by atoms with Gasteiger partial charge in [0.2, 0.25) is 0 Å². The standard InChI is InChI=1S/C10H14FNO/c1-7-4-3-5-8(9(7)11)10(2,13)6-12/h3-5,13H,6,12H2,1-2H3. The Morgan fingerprint density at radius 3 is 2.69 bits per heavy atom. The number of halogens is 1. The van der Waals surface area contributed by atoms with Gasteiger partial charge in [0, 0.05) is 12.1 Å². The Labute approximate surface area is 77.2 Å². The maximum absolute atomic E-state index is 13.5. The summed E-state index contributed by atoms with van der Waals surface area (Å²) in [4.78, 5) is 0. The SMILES string of the molecule is Cc1cccc(C(C)(O)CN)c1F. The lowest BCUT2D eigenvalue weighted by molar-refractivity contribution is 0.0628. The summed E-state index contributed by atoms with van der Waals surface area (Å²) >= 11 is 0. The summed E-state index contributed by atoms with van der Waals surface area (Å²) in [7, 11) is 0. The van der Waals surface area contributed by atoms with Crippen molar-refractivity contribution in [1.82, 2.24) is 0 Å². The Hall–Kier alpha value is -0.930. The average molecular weight is 183 g/mol. The highest BCUT2D eigenvalue weighted by molar-refractivity contribution is 5.29. The van der Waals surface area contributed by atoms with Crippen LogP contribution in [-0.4, -0.2) is 11.7 Å². The van der Waals surface area contributed by atoms with E-state index in [1.54, 1.807) is 25.1 Å². The summed E-state index contributed by atoms with van der Waals surface area (Å²) < 4.78 is 13.5. The Morgan fingerprint density at radius 1 is 1.54 bits per heavy atom. The third-order valence-corrected chi connectivity index (χ3v) is 2.17. The zero-order chi connectivity index (χ0) is 10.1. The summed E-state index contributed by atoms with van der Waals surface area (Å²) in [6.45, 7) is 3.17. The van der Waals surface area contributed by atoms with Gasteiger partial charge in [0.15, 0.2) is 0 Å². The van der Waals surface area contributed by atoms with Gasteiger partial charge in [-0.05, 0) is 19.4 Å². The second-order valence-electron chi connectivity index (χ2n) is 3.41. The second-order valence-corrected chi connectivity index (χ2v) is 3.41. The van der Waals surface area contributed by atoms with E-state index in [4.69, 9.17) is 5.73 Å². The van der Waals surface area contributed by atoms with Crippen molar-refractivity contribution in [3.8, 4) is 0 Å². The van der Waals surface area contributed by atoms with Crippen LogP contribution in [0, 0.1) is 12.7 Å². The van der Waals surface area contributed by atoms with E-state index in [0.717, 1.165) is 0 Å². The summed E-state index contributed by atoms with van der Waals surface area (Å²) in [5, 5.41) is 9.73. The minimum Gasteiger partial charge on any atom is -0.384 e. The lowest BCUT2D eigenvalue weighted by Crippen LogP contribution is -2.32. The molecule has 2 nitrogen and oxygen atoms in total. The van der Waals surface area contributed by atoms with Crippen LogP contribution in [0.3, 0.4) is 0 Å². The molecule has 0 heterocycles. The number of aryl methyl sites for hydroxylation is 1. The fraction of sp³-hybridized carbons (Fsp3) is 0.400. The van der Waals surface area contributed by atoms with Crippen molar-refractivity contribution in [3.05, 3.63) is 35.1 Å². The molecule has 1 aromatic rings. The predicted molar refractivity (Wildman–Crippen MR) is 49.8 cm³/mol. The molecular formula is C10H14FNO. The van der Waals surface area contributed by atoms with Crippen molar-refractivity contribution in [2.75, 3.05) is 6.54 Å². The predicted octanol–water partition coefficient (Wildman–Crippen LogP) is 1.30. The summed E-state index contributed by atoms with van der Waals surface area (Å²) in [6, 6.07) is 4.92. The highest BCUT2D eigenvalue weighted by Crippen LogP contribution is 2.23. The van der Waals surface area contributed by atoms with Crippen LogP contribution in [0.2, 0.25) is 0 Å². The molecule has 3 N–H and O–H groups in total. The molecule has 0 saturated carbocycles. The van der Waals surface area contributed by atoms with Gasteiger partial charge < -0.3 is 10.8 Å². The third kappa shape index (κ3) is 1.87. The fourth-order valence-corrected chi connectivity index (χ4v) is 1.17. The molecule has 3 heteroatoms. The van der Waals surface area contributed by atoms with Crippen LogP contribution in [-0.2, 0) is 5.60 Å². The van der Waals surface area contributed by atoms with E-state index in [-0.39, 0.29) is 17.9 Å². The quantitative estimate of drug-likeness (QED) is 0.726. The first kappa shape index (κ1) is 10.2. The van der Waals surface area contributed by atoms with E-state index >= 15 is 0 Å². The molecule has 1 unspecified atom stereocenters. The summed E-state index contributed by atoms with van der Waals surface area (Å²) in [6.07, 6.45) is 0. The normalized spacial score (nSPS) is 15.5. The number of aliphatic hydroxyl groups is 1. The van der Waals surface area contributed by atoms with E-state index in [2.05, 4.69) is 0 Å². The van der Waals surface area contributed by atoms with Crippen molar-refractivity contribution in [1.29, 1.82) is 0 Å². The van der Waals surface area contributed by atoms with Gasteiger partial charge in [0.1, 0.15) is 11.4 Å². The maximum atomic E-state index is 13.5. The molecule has 0 bridgehead atoms. The van der Waals surface area contributed by atoms with Gasteiger partial charge in [0.25, 0.3) is 0 Å². The van der Waals surface area contributed by atoms with E-state index < -0.39 is 5.60 Å². The van der Waals surface area contributed by atoms with Crippen molar-refractivity contribution < 1.29 is 9.50 Å². The van der Waals surface area contributed by atoms with Gasteiger partial charge in [-0.1, -0.05) is 18.2 Å². The summed E-state index contributed by atoms with van der Waals surface area (Å²) in [5.74, 6) is -0.377. The molecule has 0 aliphatic heterocycles. The van der Waals surface area contributed by atoms with Gasteiger partial charge in [-0.25, -0.2) is 4.39 Å². The van der Waals surface area contributed by atoms with E-state index in [9.17, 15) is 9.50 Å². The fourth-order valence-electron chi connectivity index (χ4n) is 1.17. The van der Waals surface area contributed by atoms with Crippen molar-refractivity contribution in [2.45, 2.75) is 19.4 Å². The van der Waals surface area contributed by atoms with Crippen LogP contribution < -0.4 is 5.73 Å². The van der Waals surface area contributed by atoms with Crippen LogP contribution in [0.25, 0.3) is 0 Å². The lowest BCUT2D eigenvalue weighted by atomic mass is 9.94. The third-order valence-electron chi connectivity index (χ3n) is 2.17. The Morgan fingerprint density at radius 2 is 2.15 bits per heavy atom. The average Bonchev–Trinajstić information content (AvgIpc) is 2.09. The molecule has 0 spiro atoms. The molecule has 0 aliphatic rings. The van der Waals surface area contributed by atoms with E-state index in [0.29, 0.717) is 5.56 Å². The molecule has 0 amide bonds. The van der Waals surface area contributed by atoms with Gasteiger partial charge in [-0.3, -0.25) is 0 Å². The molecular weight excluding hydrogens is 169 g/mol. The van der Waals surface area contributed by atoms with E-state index in [1.807, 2.05) is 0 Å². The van der Waals surface area contributed by atoms with Crippen molar-refractivity contribution in [2.24, 2.45) is 5.73 Å². The molecule has 13 heavy (non-hydrogen) atoms. The van der Waals surface area contributed by atoms with Gasteiger partial charge in [0.05, 0.1) is 0 Å². The first-order valence-electron chi connectivity index (χ1n) is 4.17. The molecule has 0 radical (unpaired) electrons. The van der Waals surface area contributed by atoms with Crippen LogP contribution in [0.15, 0.2) is 18.2 Å². The van der Waals surface area contributed by atoms with Crippen molar-refractivity contribution in [3.63, 3.8) is 0 Å². The minimum absolute atomic E-state index is 0.00731. The van der Waals surface area contributed by atoms with Crippen LogP contribution in [0.4, 0.5) is 4.39 Å². The summed E-state index contributed by atoms with van der Waals surface area (Å²) in [5.41, 5.74) is 4.84. The number of rotatable bonds is 2. The number of hydrogen-bond donors (Lipinski definition) is 2. The highest BCUT2D eigenvalue weighted by atomic mass is 19.1. The smallest absolute Gasteiger partial charge is 0.132 e. The topological polar surface area (TPSA) is 46.2 Å². The molecule has 1 atom stereocenters. The molecule has 0 aliphatic carbocycles. The molecule has 72 valence electrons. The monoisotopic (exact) mass is 183 g/mol. The molecule has 1 rings (SSSR count). The molecule has 0 saturated heterocycles. The van der Waals surface area contributed by atoms with Gasteiger partial charge >= 0.3 is 0 Å². The molecule has 0 aromatic heterocycles. The number of hydrogen-bond acceptors (Lipinski definition) is 2. The minimum atomic E-state index is -1.28. The number of nitrogens with two attached hydrogens (primary N) is 1. The first-order valence-corrected chi connectivity index (χ1v) is 4.17. The van der Waals surface area contributed by atoms with Gasteiger partial charge in [-0.15, -0.1) is 0 Å². The maximum Gasteiger partial charge on any atom is 0.132 e. The van der Waals surface area contributed by atoms with Crippen LogP contribution in [0.5, 0.6) is 0 Å². The highest BCUT2D eigenvalue weighted by Gasteiger charge is 2.24. The van der Waals surface area contributed by atoms with Crippen LogP contribution in [0.1, 0.15) is 18.1 Å².